The van der Waals surface area contributed by atoms with Crippen LogP contribution in [0.1, 0.15) is 471 Å². The number of nitrogens with zero attached hydrogens (tertiary/aromatic N) is 6. The fourth-order valence-electron chi connectivity index (χ4n) is 25.4. The zero-order chi connectivity index (χ0) is 118. The second-order valence-corrected chi connectivity index (χ2v) is 94.3. The fraction of sp³-hybridized carbons (Fsp3) is 0.737. The van der Waals surface area contributed by atoms with E-state index >= 15 is 0 Å². The van der Waals surface area contributed by atoms with E-state index in [0.29, 0.717) is 24.2 Å². The van der Waals surface area contributed by atoms with Gasteiger partial charge in [0, 0.05) is 103 Å². The molecular formula is C137H260N6Si6. The van der Waals surface area contributed by atoms with E-state index in [9.17, 15) is 1.37 Å². The molecule has 6 aromatic carbocycles. The molecule has 6 aromatic rings. The largest absolute Gasteiger partial charge is 0.364 e. The van der Waals surface area contributed by atoms with Crippen molar-refractivity contribution in [2.24, 2.45) is 16.2 Å². The predicted octanol–water partition coefficient (Wildman–Crippen LogP) is 41.2. The van der Waals surface area contributed by atoms with Crippen LogP contribution in [0, 0.1) is 16.2 Å². The molecule has 0 aliphatic heterocycles. The van der Waals surface area contributed by atoms with Crippen molar-refractivity contribution in [1.29, 1.82) is 0 Å². The lowest BCUT2D eigenvalue weighted by Gasteiger charge is -2.56. The molecule has 12 heteroatoms. The van der Waals surface area contributed by atoms with E-state index in [1.54, 1.807) is 60.7 Å². The van der Waals surface area contributed by atoms with E-state index in [2.05, 4.69) is 518 Å². The lowest BCUT2D eigenvalue weighted by molar-refractivity contribution is -0.00959. The lowest BCUT2D eigenvalue weighted by atomic mass is 9.49. The molecule has 0 bridgehead atoms. The SMILES string of the molecule is C.C.C.C1CCCCC1.C1CCCCC1.C1CCCCC1.CC(C)(C)N(c1c([Si](C)(C)C)cc([Si](C)(C)C)cc1[Si](C)(C)C)C(C)(C)C.CC(C)(C)N(c1c([Si](C)(C)C)cccc1[Si](C)(C)C)C(C)(C)C.CC(C)(C)N(c1ccccc1[Si](C)(C)C)C(C)(C)C.[2H]C1(c2ccc(N(C(C)(C)C)C(C)(C)C)c(C(C)(C)C)c2)C(C)(C)CC(C)(C)CC1(C)C.[2H]c1cccc([2H])c1N(C(C)C)C(C)(C)C.[2H]c1ccccc1N(C(C)C)C(C)(C)C. The summed E-state index contributed by atoms with van der Waals surface area (Å²) in [6.45, 7) is 143. The molecule has 149 heavy (non-hydrogen) atoms. The molecular weight excluding hydrogens is 1900 g/mol. The molecule has 0 radical (unpaired) electrons. The molecule has 0 saturated heterocycles. The number of anilines is 6. The summed E-state index contributed by atoms with van der Waals surface area (Å²) >= 11 is 0. The molecule has 0 atom stereocenters. The van der Waals surface area contributed by atoms with E-state index in [0.717, 1.165) is 24.2 Å². The summed E-state index contributed by atoms with van der Waals surface area (Å²) in [5.74, 6) is -0.650. The van der Waals surface area contributed by atoms with Gasteiger partial charge in [-0.25, -0.2) is 0 Å². The van der Waals surface area contributed by atoms with Gasteiger partial charge < -0.3 is 29.4 Å². The molecule has 0 amide bonds. The number of hydrogen-bond acceptors (Lipinski definition) is 6. The zero-order valence-corrected chi connectivity index (χ0v) is 115. The number of rotatable bonds is 15. The van der Waals surface area contributed by atoms with Crippen LogP contribution >= 0.6 is 0 Å². The molecule has 0 aromatic heterocycles. The Kier molecular flexibility index (Phi) is 52.8. The average molecular weight is 2160 g/mol. The minimum absolute atomic E-state index is 0. The molecule has 4 fully saturated rings. The Morgan fingerprint density at radius 2 is 0.517 bits per heavy atom. The molecule has 0 N–H and O–H groups in total. The van der Waals surface area contributed by atoms with Crippen molar-refractivity contribution in [3.63, 3.8) is 0 Å². The molecule has 0 unspecified atom stereocenters. The normalized spacial score (nSPS) is 16.8. The Bertz CT molecular complexity index is 4810. The minimum Gasteiger partial charge on any atom is -0.364 e. The first-order valence-corrected chi connectivity index (χ1v) is 79.4. The molecule has 4 aliphatic carbocycles. The van der Waals surface area contributed by atoms with Gasteiger partial charge in [0.15, 0.2) is 0 Å². The summed E-state index contributed by atoms with van der Waals surface area (Å²) in [5.41, 5.74) is 10.7. The third-order valence-electron chi connectivity index (χ3n) is 28.3. The van der Waals surface area contributed by atoms with Gasteiger partial charge >= 0.3 is 0 Å². The minimum atomic E-state index is -1.52. The molecule has 0 spiro atoms. The van der Waals surface area contributed by atoms with E-state index in [4.69, 9.17) is 4.11 Å². The highest BCUT2D eigenvalue weighted by atomic mass is 28.3. The van der Waals surface area contributed by atoms with Gasteiger partial charge in [-0.15, -0.1) is 0 Å². The maximum atomic E-state index is 10.1. The van der Waals surface area contributed by atoms with Gasteiger partial charge in [-0.2, -0.15) is 0 Å². The summed E-state index contributed by atoms with van der Waals surface area (Å²) in [7, 11) is -8.60. The highest BCUT2D eigenvalue weighted by molar-refractivity contribution is 6.96. The molecule has 4 aliphatic rings. The Morgan fingerprint density at radius 1 is 0.268 bits per heavy atom. The van der Waals surface area contributed by atoms with E-state index < -0.39 is 54.3 Å². The lowest BCUT2D eigenvalue weighted by Crippen LogP contribution is -2.62. The van der Waals surface area contributed by atoms with Crippen molar-refractivity contribution < 1.29 is 5.48 Å². The molecule has 4 saturated carbocycles. The van der Waals surface area contributed by atoms with Crippen LogP contribution in [0.4, 0.5) is 34.1 Å². The number of benzene rings is 6. The topological polar surface area (TPSA) is 19.4 Å². The zero-order valence-electron chi connectivity index (χ0n) is 113. The Hall–Kier alpha value is -4.58. The van der Waals surface area contributed by atoms with Crippen LogP contribution in [0.15, 0.2) is 133 Å². The van der Waals surface area contributed by atoms with Crippen molar-refractivity contribution in [3.05, 3.63) is 145 Å². The van der Waals surface area contributed by atoms with Crippen molar-refractivity contribution in [2.45, 2.75) is 645 Å². The van der Waals surface area contributed by atoms with Crippen LogP contribution in [0.5, 0.6) is 0 Å². The van der Waals surface area contributed by atoms with Crippen molar-refractivity contribution in [3.8, 4) is 0 Å². The Labute approximate surface area is 947 Å². The van der Waals surface area contributed by atoms with Gasteiger partial charge in [-0.3, -0.25) is 0 Å². The van der Waals surface area contributed by atoms with Crippen LogP contribution in [-0.2, 0) is 5.41 Å². The monoisotopic (exact) mass is 2160 g/mol. The third kappa shape index (κ3) is 47.6. The number of hydrogen-bond donors (Lipinski definition) is 0. The molecule has 10 rings (SSSR count). The van der Waals surface area contributed by atoms with Crippen molar-refractivity contribution in [2.75, 3.05) is 29.4 Å². The van der Waals surface area contributed by atoms with Gasteiger partial charge in [0.1, 0.15) is 0 Å². The van der Waals surface area contributed by atoms with Gasteiger partial charge in [-0.05, 0) is 349 Å². The first-order chi connectivity index (χ1) is 66.9. The van der Waals surface area contributed by atoms with Gasteiger partial charge in [0.25, 0.3) is 0 Å². The van der Waals surface area contributed by atoms with Crippen molar-refractivity contribution >= 4 is 114 Å². The van der Waals surface area contributed by atoms with Crippen LogP contribution in [0.2, 0.25) is 118 Å². The predicted molar refractivity (Wildman–Crippen MR) is 715 cm³/mol. The van der Waals surface area contributed by atoms with E-state index in [1.807, 2.05) is 24.3 Å². The third-order valence-corrected chi connectivity index (χ3v) is 40.4. The van der Waals surface area contributed by atoms with Crippen molar-refractivity contribution in [1.82, 2.24) is 0 Å². The highest BCUT2D eigenvalue weighted by Crippen LogP contribution is 2.62. The maximum absolute atomic E-state index is 10.1. The standard InChI is InChI=1S/C30H53N.C23H47NSi3.C20H39NSi2.C17H31NSi.2C13H21N.3C6H12.3CH4/c1-25(2,3)22-18-21(16-17-23(22)31(26(4,5)6)27(7,8)9)24-29(12,13)19-28(10,11)20-30(24,14)15;1-22(2,3)24(23(4,5)6)21-19(26(10,11)12)16-18(25(7,8)9)17-20(21)27(13,14)15;1-19(2,3)21(20(4,5)6)18-16(22(7,8)9)14-13-15-17(18)23(10,11)12;1-16(2,3)18(17(4,5)6)14-12-10-11-13-15(14)19(7,8)9;2*1-11(2)14(13(3,4)5)12-9-7-6-8-10-12;3*1-2-4-6-5-3-1;;;/h16-18,24H,19-20H2,1-15H3;16-17H,1-15H3;13-15H,1-12H3;10-13H,1-9H3;2*6-11H,1-5H3;3*1-6H2;3*1H4/i24D;;;;9D,10D;9D;;;;;;. The Balaban J connectivity index is 0. The summed E-state index contributed by atoms with van der Waals surface area (Å²) in [5, 5.41) is 9.77. The van der Waals surface area contributed by atoms with Gasteiger partial charge in [0.2, 0.25) is 0 Å². The van der Waals surface area contributed by atoms with Crippen LogP contribution in [-0.4, -0.2) is 116 Å². The average Bonchev–Trinajstić information content (AvgIpc) is 0.699. The summed E-state index contributed by atoms with van der Waals surface area (Å²) in [6.07, 6.45) is 29.1. The summed E-state index contributed by atoms with van der Waals surface area (Å²) < 4.78 is 33.9. The van der Waals surface area contributed by atoms with Gasteiger partial charge in [0.05, 0.1) is 52.6 Å². The summed E-state index contributed by atoms with van der Waals surface area (Å²) in [6, 6.07) is 43.5. The smallest absolute Gasteiger partial charge is 0.0803 e. The summed E-state index contributed by atoms with van der Waals surface area (Å²) in [4.78, 5) is 15.0. The first-order valence-electron chi connectivity index (χ1n) is 60.4. The maximum Gasteiger partial charge on any atom is 0.0803 e. The van der Waals surface area contributed by atoms with E-state index in [1.165, 1.54) is 138 Å². The fourth-order valence-corrected chi connectivity index (χ4v) is 34.8. The second kappa shape index (κ2) is 56.7. The molecule has 862 valence electrons. The van der Waals surface area contributed by atoms with Crippen LogP contribution in [0.3, 0.4) is 0 Å². The highest BCUT2D eigenvalue weighted by Gasteiger charge is 2.52. The van der Waals surface area contributed by atoms with Crippen LogP contribution in [0.25, 0.3) is 0 Å². The van der Waals surface area contributed by atoms with Crippen LogP contribution < -0.4 is 60.5 Å². The first kappa shape index (κ1) is 139. The molecule has 0 heterocycles. The van der Waals surface area contributed by atoms with E-state index in [-0.39, 0.29) is 105 Å². The second-order valence-electron chi connectivity index (χ2n) is 64.0. The quantitative estimate of drug-likeness (QED) is 0.0948. The Morgan fingerprint density at radius 3 is 0.772 bits per heavy atom. The van der Waals surface area contributed by atoms with Gasteiger partial charge in [-0.1, -0.05) is 420 Å². The number of para-hydroxylation sites is 4. The molecule has 6 nitrogen and oxygen atoms in total.